The van der Waals surface area contributed by atoms with Gasteiger partial charge in [0, 0.05) is 5.69 Å². The summed E-state index contributed by atoms with van der Waals surface area (Å²) in [6.07, 6.45) is 0. The molecule has 1 aromatic rings. The minimum Gasteiger partial charge on any atom is -0.381 e. The maximum atomic E-state index is 8.79. The van der Waals surface area contributed by atoms with Crippen LogP contribution < -0.4 is 5.32 Å². The van der Waals surface area contributed by atoms with E-state index in [0.717, 1.165) is 5.69 Å². The number of aliphatic hydroxyl groups is 1. The molecule has 0 saturated carbocycles. The Kier molecular flexibility index (Phi) is 3.38. The molecule has 0 heterocycles. The van der Waals surface area contributed by atoms with Crippen molar-refractivity contribution in [3.8, 4) is 0 Å². The van der Waals surface area contributed by atoms with E-state index in [0.29, 0.717) is 6.54 Å². The molecule has 2 nitrogen and oxygen atoms in total. The minimum atomic E-state index is -0.828. The molecule has 0 saturated heterocycles. The Labute approximate surface area is 77.2 Å². The number of alkyl halides is 1. The third kappa shape index (κ3) is 3.11. The fraction of sp³-hybridized carbons (Fsp3) is 0.333. The minimum absolute atomic E-state index is 0.366. The highest BCUT2D eigenvalue weighted by molar-refractivity contribution is 6.19. The Hall–Kier alpha value is -0.730. The van der Waals surface area contributed by atoms with Crippen molar-refractivity contribution >= 4 is 17.3 Å². The van der Waals surface area contributed by atoms with Gasteiger partial charge in [0.25, 0.3) is 0 Å². The highest BCUT2D eigenvalue weighted by atomic mass is 35.5. The van der Waals surface area contributed by atoms with Gasteiger partial charge in [0.15, 0.2) is 0 Å². The third-order valence-electron chi connectivity index (χ3n) is 1.49. The maximum Gasteiger partial charge on any atom is 0.145 e. The zero-order valence-corrected chi connectivity index (χ0v) is 7.67. The standard InChI is InChI=1S/C9H12ClNO/c1-7-3-2-4-8(5-7)11-6-9(10)12/h2-5,9,11-12H,6H2,1H3. The van der Waals surface area contributed by atoms with Crippen molar-refractivity contribution in [2.24, 2.45) is 0 Å². The first kappa shape index (κ1) is 9.36. The number of aliphatic hydroxyl groups excluding tert-OH is 1. The fourth-order valence-electron chi connectivity index (χ4n) is 0.957. The summed E-state index contributed by atoms with van der Waals surface area (Å²) in [4.78, 5) is 0. The number of hydrogen-bond acceptors (Lipinski definition) is 2. The summed E-state index contributed by atoms with van der Waals surface area (Å²) in [5, 5.41) is 11.8. The molecule has 2 N–H and O–H groups in total. The third-order valence-corrected chi connectivity index (χ3v) is 1.65. The van der Waals surface area contributed by atoms with Gasteiger partial charge in [0.05, 0.1) is 6.54 Å². The number of hydrogen-bond donors (Lipinski definition) is 2. The van der Waals surface area contributed by atoms with E-state index in [1.165, 1.54) is 5.56 Å². The molecule has 1 unspecified atom stereocenters. The molecule has 3 heteroatoms. The number of halogens is 1. The van der Waals surface area contributed by atoms with E-state index in [-0.39, 0.29) is 0 Å². The van der Waals surface area contributed by atoms with Gasteiger partial charge in [-0.1, -0.05) is 23.7 Å². The molecule has 1 atom stereocenters. The zero-order chi connectivity index (χ0) is 8.97. The van der Waals surface area contributed by atoms with Gasteiger partial charge >= 0.3 is 0 Å². The van der Waals surface area contributed by atoms with Crippen LogP contribution in [0.4, 0.5) is 5.69 Å². The molecule has 1 aromatic carbocycles. The van der Waals surface area contributed by atoms with E-state index in [1.54, 1.807) is 0 Å². The van der Waals surface area contributed by atoms with Crippen molar-refractivity contribution in [2.75, 3.05) is 11.9 Å². The predicted octanol–water partition coefficient (Wildman–Crippen LogP) is 1.96. The largest absolute Gasteiger partial charge is 0.381 e. The van der Waals surface area contributed by atoms with E-state index in [4.69, 9.17) is 16.7 Å². The average molecular weight is 186 g/mol. The van der Waals surface area contributed by atoms with E-state index in [9.17, 15) is 0 Å². The quantitative estimate of drug-likeness (QED) is 0.706. The van der Waals surface area contributed by atoms with Crippen LogP contribution in [0.2, 0.25) is 0 Å². The summed E-state index contributed by atoms with van der Waals surface area (Å²) < 4.78 is 0. The highest BCUT2D eigenvalue weighted by Gasteiger charge is 1.96. The second-order valence-corrected chi connectivity index (χ2v) is 3.19. The second-order valence-electron chi connectivity index (χ2n) is 2.68. The lowest BCUT2D eigenvalue weighted by molar-refractivity contribution is 0.269. The van der Waals surface area contributed by atoms with Gasteiger partial charge in [-0.15, -0.1) is 0 Å². The average Bonchev–Trinajstić information content (AvgIpc) is 2.01. The molecule has 0 aromatic heterocycles. The Morgan fingerprint density at radius 3 is 2.92 bits per heavy atom. The SMILES string of the molecule is Cc1cccc(NCC(O)Cl)c1. The van der Waals surface area contributed by atoms with Crippen LogP contribution in [0.5, 0.6) is 0 Å². The zero-order valence-electron chi connectivity index (χ0n) is 6.92. The molecular weight excluding hydrogens is 174 g/mol. The number of anilines is 1. The van der Waals surface area contributed by atoms with Crippen LogP contribution in [0, 0.1) is 6.92 Å². The van der Waals surface area contributed by atoms with Crippen LogP contribution in [0.1, 0.15) is 5.56 Å². The summed E-state index contributed by atoms with van der Waals surface area (Å²) >= 11 is 5.36. The molecule has 66 valence electrons. The first-order chi connectivity index (χ1) is 5.68. The van der Waals surface area contributed by atoms with Crippen molar-refractivity contribution in [1.29, 1.82) is 0 Å². The first-order valence-corrected chi connectivity index (χ1v) is 4.25. The Morgan fingerprint density at radius 1 is 1.58 bits per heavy atom. The number of nitrogens with one attached hydrogen (secondary N) is 1. The summed E-state index contributed by atoms with van der Waals surface area (Å²) in [5.41, 5.74) is 1.34. The molecule has 12 heavy (non-hydrogen) atoms. The van der Waals surface area contributed by atoms with Crippen molar-refractivity contribution in [1.82, 2.24) is 0 Å². The van der Waals surface area contributed by atoms with Crippen LogP contribution in [0.3, 0.4) is 0 Å². The first-order valence-electron chi connectivity index (χ1n) is 3.81. The van der Waals surface area contributed by atoms with Crippen molar-refractivity contribution in [2.45, 2.75) is 12.5 Å². The van der Waals surface area contributed by atoms with Gasteiger partial charge in [-0.2, -0.15) is 0 Å². The Morgan fingerprint density at radius 2 is 2.33 bits per heavy atom. The number of aryl methyl sites for hydroxylation is 1. The molecule has 0 fully saturated rings. The van der Waals surface area contributed by atoms with E-state index >= 15 is 0 Å². The van der Waals surface area contributed by atoms with E-state index < -0.39 is 5.56 Å². The van der Waals surface area contributed by atoms with Crippen LogP contribution in [0.25, 0.3) is 0 Å². The Balaban J connectivity index is 2.52. The van der Waals surface area contributed by atoms with Gasteiger partial charge < -0.3 is 10.4 Å². The van der Waals surface area contributed by atoms with Gasteiger partial charge in [0.2, 0.25) is 0 Å². The van der Waals surface area contributed by atoms with E-state index in [2.05, 4.69) is 5.32 Å². The van der Waals surface area contributed by atoms with Gasteiger partial charge in [0.1, 0.15) is 5.56 Å². The van der Waals surface area contributed by atoms with Crippen LogP contribution in [0.15, 0.2) is 24.3 Å². The van der Waals surface area contributed by atoms with Crippen molar-refractivity contribution < 1.29 is 5.11 Å². The summed E-state index contributed by atoms with van der Waals surface area (Å²) in [6.45, 7) is 2.38. The molecule has 0 aliphatic carbocycles. The molecule has 1 rings (SSSR count). The molecule has 0 bridgehead atoms. The molecule has 0 aliphatic rings. The lowest BCUT2D eigenvalue weighted by atomic mass is 10.2. The molecular formula is C9H12ClNO. The van der Waals surface area contributed by atoms with Gasteiger partial charge in [-0.3, -0.25) is 0 Å². The van der Waals surface area contributed by atoms with Crippen molar-refractivity contribution in [3.63, 3.8) is 0 Å². The number of rotatable bonds is 3. The van der Waals surface area contributed by atoms with Gasteiger partial charge in [-0.05, 0) is 24.6 Å². The maximum absolute atomic E-state index is 8.79. The summed E-state index contributed by atoms with van der Waals surface area (Å²) in [5.74, 6) is 0. The van der Waals surface area contributed by atoms with Crippen LogP contribution in [-0.2, 0) is 0 Å². The predicted molar refractivity (Wildman–Crippen MR) is 51.5 cm³/mol. The normalized spacial score (nSPS) is 12.6. The highest BCUT2D eigenvalue weighted by Crippen LogP contribution is 2.09. The molecule has 0 spiro atoms. The molecule has 0 aliphatic heterocycles. The van der Waals surface area contributed by atoms with Crippen LogP contribution in [-0.4, -0.2) is 17.2 Å². The summed E-state index contributed by atoms with van der Waals surface area (Å²) in [7, 11) is 0. The lowest BCUT2D eigenvalue weighted by Gasteiger charge is -2.07. The number of benzene rings is 1. The fourth-order valence-corrected chi connectivity index (χ4v) is 1.03. The summed E-state index contributed by atoms with van der Waals surface area (Å²) in [6, 6.07) is 7.91. The smallest absolute Gasteiger partial charge is 0.145 e. The van der Waals surface area contributed by atoms with E-state index in [1.807, 2.05) is 31.2 Å². The monoisotopic (exact) mass is 185 g/mol. The van der Waals surface area contributed by atoms with Gasteiger partial charge in [-0.25, -0.2) is 0 Å². The topological polar surface area (TPSA) is 32.3 Å². The second kappa shape index (κ2) is 4.33. The Bertz CT molecular complexity index is 250. The van der Waals surface area contributed by atoms with Crippen LogP contribution >= 0.6 is 11.6 Å². The molecule has 0 amide bonds. The molecule has 0 radical (unpaired) electrons. The van der Waals surface area contributed by atoms with Crippen molar-refractivity contribution in [3.05, 3.63) is 29.8 Å². The lowest BCUT2D eigenvalue weighted by Crippen LogP contribution is -2.12.